The Balaban J connectivity index is 1.93. The minimum absolute atomic E-state index is 0.0218. The van der Waals surface area contributed by atoms with E-state index in [1.807, 2.05) is 0 Å². The first-order chi connectivity index (χ1) is 8.25. The van der Waals surface area contributed by atoms with E-state index >= 15 is 0 Å². The molecule has 1 aromatic rings. The molecule has 1 aliphatic carbocycles. The smallest absolute Gasteiger partial charge is 0.251 e. The average Bonchev–Trinajstić information content (AvgIpc) is 2.58. The molecule has 1 aliphatic rings. The SMILES string of the molecule is O=C(NC1CCCCCC1)c1ccc(Cl)cc1. The summed E-state index contributed by atoms with van der Waals surface area (Å²) in [6.07, 6.45) is 7.27. The molecule has 0 spiro atoms. The predicted molar refractivity (Wildman–Crippen MR) is 70.4 cm³/mol. The Kier molecular flexibility index (Phi) is 4.43. The first-order valence-corrected chi connectivity index (χ1v) is 6.70. The minimum Gasteiger partial charge on any atom is -0.349 e. The van der Waals surface area contributed by atoms with Crippen molar-refractivity contribution in [1.29, 1.82) is 0 Å². The number of hydrogen-bond acceptors (Lipinski definition) is 1. The monoisotopic (exact) mass is 251 g/mol. The van der Waals surface area contributed by atoms with Gasteiger partial charge in [0.1, 0.15) is 0 Å². The average molecular weight is 252 g/mol. The zero-order valence-corrected chi connectivity index (χ0v) is 10.7. The molecule has 0 heterocycles. The molecular formula is C14H18ClNO. The topological polar surface area (TPSA) is 29.1 Å². The van der Waals surface area contributed by atoms with Gasteiger partial charge in [-0.25, -0.2) is 0 Å². The molecule has 3 heteroatoms. The number of nitrogens with one attached hydrogen (secondary N) is 1. The van der Waals surface area contributed by atoms with Gasteiger partial charge in [0, 0.05) is 16.6 Å². The van der Waals surface area contributed by atoms with Gasteiger partial charge in [-0.1, -0.05) is 37.3 Å². The number of amides is 1. The Morgan fingerprint density at radius 3 is 2.24 bits per heavy atom. The first kappa shape index (κ1) is 12.4. The molecule has 92 valence electrons. The van der Waals surface area contributed by atoms with E-state index in [9.17, 15) is 4.79 Å². The van der Waals surface area contributed by atoms with Crippen molar-refractivity contribution < 1.29 is 4.79 Å². The van der Waals surface area contributed by atoms with Gasteiger partial charge in [0.05, 0.1) is 0 Å². The van der Waals surface area contributed by atoms with Crippen LogP contribution in [0.25, 0.3) is 0 Å². The predicted octanol–water partition coefficient (Wildman–Crippen LogP) is 3.79. The van der Waals surface area contributed by atoms with Crippen LogP contribution in [-0.4, -0.2) is 11.9 Å². The van der Waals surface area contributed by atoms with E-state index < -0.39 is 0 Å². The van der Waals surface area contributed by atoms with Crippen LogP contribution in [0.3, 0.4) is 0 Å². The largest absolute Gasteiger partial charge is 0.349 e. The van der Waals surface area contributed by atoms with E-state index in [0.717, 1.165) is 12.8 Å². The fourth-order valence-electron chi connectivity index (χ4n) is 2.29. The van der Waals surface area contributed by atoms with Crippen LogP contribution in [0.4, 0.5) is 0 Å². The highest BCUT2D eigenvalue weighted by Gasteiger charge is 2.15. The quantitative estimate of drug-likeness (QED) is 0.796. The second-order valence-electron chi connectivity index (χ2n) is 4.67. The van der Waals surface area contributed by atoms with E-state index in [1.165, 1.54) is 25.7 Å². The molecule has 0 saturated heterocycles. The molecule has 1 N–H and O–H groups in total. The molecule has 0 bridgehead atoms. The summed E-state index contributed by atoms with van der Waals surface area (Å²) in [6.45, 7) is 0. The van der Waals surface area contributed by atoms with Crippen LogP contribution >= 0.6 is 11.6 Å². The lowest BCUT2D eigenvalue weighted by Crippen LogP contribution is -2.34. The highest BCUT2D eigenvalue weighted by Crippen LogP contribution is 2.18. The standard InChI is InChI=1S/C14H18ClNO/c15-12-9-7-11(8-10-12)14(17)16-13-5-3-1-2-4-6-13/h7-10,13H,1-6H2,(H,16,17). The molecule has 1 aromatic carbocycles. The van der Waals surface area contributed by atoms with Gasteiger partial charge >= 0.3 is 0 Å². The molecule has 17 heavy (non-hydrogen) atoms. The minimum atomic E-state index is 0.0218. The summed E-state index contributed by atoms with van der Waals surface area (Å²) in [4.78, 5) is 12.0. The lowest BCUT2D eigenvalue weighted by molar-refractivity contribution is 0.0933. The van der Waals surface area contributed by atoms with Gasteiger partial charge in [-0.15, -0.1) is 0 Å². The van der Waals surface area contributed by atoms with Crippen LogP contribution in [0.15, 0.2) is 24.3 Å². The highest BCUT2D eigenvalue weighted by molar-refractivity contribution is 6.30. The number of rotatable bonds is 2. The number of carbonyl (C=O) groups is 1. The Morgan fingerprint density at radius 1 is 1.06 bits per heavy atom. The van der Waals surface area contributed by atoms with E-state index in [0.29, 0.717) is 16.6 Å². The molecule has 0 aliphatic heterocycles. The Bertz CT molecular complexity index is 366. The third kappa shape index (κ3) is 3.74. The lowest BCUT2D eigenvalue weighted by atomic mass is 10.1. The normalized spacial score (nSPS) is 17.5. The molecule has 0 atom stereocenters. The second kappa shape index (κ2) is 6.06. The van der Waals surface area contributed by atoms with Gasteiger partial charge in [-0.05, 0) is 37.1 Å². The maximum atomic E-state index is 12.0. The Morgan fingerprint density at radius 2 is 1.65 bits per heavy atom. The van der Waals surface area contributed by atoms with Crippen LogP contribution < -0.4 is 5.32 Å². The van der Waals surface area contributed by atoms with Gasteiger partial charge < -0.3 is 5.32 Å². The zero-order valence-electron chi connectivity index (χ0n) is 9.92. The first-order valence-electron chi connectivity index (χ1n) is 6.32. The molecule has 2 rings (SSSR count). The van der Waals surface area contributed by atoms with Crippen molar-refractivity contribution in [2.24, 2.45) is 0 Å². The fourth-order valence-corrected chi connectivity index (χ4v) is 2.42. The van der Waals surface area contributed by atoms with Crippen molar-refractivity contribution in [2.75, 3.05) is 0 Å². The van der Waals surface area contributed by atoms with Crippen LogP contribution in [-0.2, 0) is 0 Å². The summed E-state index contributed by atoms with van der Waals surface area (Å²) in [5, 5.41) is 3.78. The number of hydrogen-bond donors (Lipinski definition) is 1. The van der Waals surface area contributed by atoms with Crippen molar-refractivity contribution in [3.63, 3.8) is 0 Å². The van der Waals surface area contributed by atoms with Crippen molar-refractivity contribution in [3.05, 3.63) is 34.9 Å². The third-order valence-electron chi connectivity index (χ3n) is 3.30. The lowest BCUT2D eigenvalue weighted by Gasteiger charge is -2.16. The molecule has 0 unspecified atom stereocenters. The number of benzene rings is 1. The van der Waals surface area contributed by atoms with E-state index in [4.69, 9.17) is 11.6 Å². The Labute approximate surface area is 107 Å². The summed E-state index contributed by atoms with van der Waals surface area (Å²) in [5.74, 6) is 0.0218. The van der Waals surface area contributed by atoms with E-state index in [1.54, 1.807) is 24.3 Å². The summed E-state index contributed by atoms with van der Waals surface area (Å²) >= 11 is 5.80. The third-order valence-corrected chi connectivity index (χ3v) is 3.55. The number of halogens is 1. The van der Waals surface area contributed by atoms with Gasteiger partial charge in [-0.3, -0.25) is 4.79 Å². The summed E-state index contributed by atoms with van der Waals surface area (Å²) in [5.41, 5.74) is 0.693. The van der Waals surface area contributed by atoms with Gasteiger partial charge in [-0.2, -0.15) is 0 Å². The molecule has 1 saturated carbocycles. The second-order valence-corrected chi connectivity index (χ2v) is 5.11. The molecular weight excluding hydrogens is 234 g/mol. The zero-order chi connectivity index (χ0) is 12.1. The van der Waals surface area contributed by atoms with Crippen molar-refractivity contribution in [3.8, 4) is 0 Å². The van der Waals surface area contributed by atoms with Gasteiger partial charge in [0.15, 0.2) is 0 Å². The summed E-state index contributed by atoms with van der Waals surface area (Å²) < 4.78 is 0. The Hall–Kier alpha value is -1.02. The van der Waals surface area contributed by atoms with E-state index in [2.05, 4.69) is 5.32 Å². The van der Waals surface area contributed by atoms with Crippen molar-refractivity contribution >= 4 is 17.5 Å². The van der Waals surface area contributed by atoms with Crippen LogP contribution in [0.5, 0.6) is 0 Å². The van der Waals surface area contributed by atoms with Gasteiger partial charge in [0.2, 0.25) is 0 Å². The van der Waals surface area contributed by atoms with Crippen LogP contribution in [0.2, 0.25) is 5.02 Å². The maximum Gasteiger partial charge on any atom is 0.251 e. The molecule has 1 fully saturated rings. The highest BCUT2D eigenvalue weighted by atomic mass is 35.5. The molecule has 1 amide bonds. The molecule has 0 radical (unpaired) electrons. The summed E-state index contributed by atoms with van der Waals surface area (Å²) in [6, 6.07) is 7.40. The molecule has 0 aromatic heterocycles. The van der Waals surface area contributed by atoms with Crippen molar-refractivity contribution in [2.45, 2.75) is 44.6 Å². The van der Waals surface area contributed by atoms with Crippen LogP contribution in [0.1, 0.15) is 48.9 Å². The maximum absolute atomic E-state index is 12.0. The molecule has 2 nitrogen and oxygen atoms in total. The number of carbonyl (C=O) groups excluding carboxylic acids is 1. The van der Waals surface area contributed by atoms with Crippen LogP contribution in [0, 0.1) is 0 Å². The summed E-state index contributed by atoms with van der Waals surface area (Å²) in [7, 11) is 0. The van der Waals surface area contributed by atoms with Gasteiger partial charge in [0.25, 0.3) is 5.91 Å². The fraction of sp³-hybridized carbons (Fsp3) is 0.500. The van der Waals surface area contributed by atoms with E-state index in [-0.39, 0.29) is 5.91 Å². The van der Waals surface area contributed by atoms with Crippen molar-refractivity contribution in [1.82, 2.24) is 5.32 Å².